The third kappa shape index (κ3) is 3.74. The molecule has 2 N–H and O–H groups in total. The topological polar surface area (TPSA) is 114 Å². The Kier molecular flexibility index (Phi) is 5.07. The summed E-state index contributed by atoms with van der Waals surface area (Å²) in [6.45, 7) is 2.82. The number of aromatic nitrogens is 1. The van der Waals surface area contributed by atoms with Crippen molar-refractivity contribution in [1.29, 1.82) is 0 Å². The van der Waals surface area contributed by atoms with E-state index in [1.165, 1.54) is 27.8 Å². The van der Waals surface area contributed by atoms with E-state index in [0.717, 1.165) is 23.5 Å². The maximum absolute atomic E-state index is 13.3. The van der Waals surface area contributed by atoms with Gasteiger partial charge in [0.25, 0.3) is 5.91 Å². The van der Waals surface area contributed by atoms with E-state index in [1.807, 2.05) is 12.3 Å². The van der Waals surface area contributed by atoms with Crippen molar-refractivity contribution in [3.8, 4) is 0 Å². The van der Waals surface area contributed by atoms with E-state index < -0.39 is 15.9 Å². The van der Waals surface area contributed by atoms with Crippen molar-refractivity contribution >= 4 is 38.9 Å². The second-order valence-electron chi connectivity index (χ2n) is 7.36. The molecule has 3 heterocycles. The van der Waals surface area contributed by atoms with E-state index in [-0.39, 0.29) is 28.8 Å². The Morgan fingerprint density at radius 1 is 1.17 bits per heavy atom. The molecule has 29 heavy (non-hydrogen) atoms. The number of hydrogen-bond acceptors (Lipinski definition) is 6. The van der Waals surface area contributed by atoms with Crippen LogP contribution in [0.25, 0.3) is 0 Å². The highest BCUT2D eigenvalue weighted by Crippen LogP contribution is 2.35. The Labute approximate surface area is 173 Å². The van der Waals surface area contributed by atoms with Crippen molar-refractivity contribution in [2.24, 2.45) is 5.73 Å². The van der Waals surface area contributed by atoms with Gasteiger partial charge in [-0.25, -0.2) is 13.4 Å². The molecular formula is C19H22N4O4S2. The lowest BCUT2D eigenvalue weighted by Gasteiger charge is -2.24. The number of hydrogen-bond donors (Lipinski definition) is 1. The van der Waals surface area contributed by atoms with E-state index >= 15 is 0 Å². The van der Waals surface area contributed by atoms with Gasteiger partial charge < -0.3 is 10.6 Å². The molecule has 1 aromatic heterocycles. The minimum atomic E-state index is -3.45. The minimum Gasteiger partial charge on any atom is -0.366 e. The SMILES string of the molecule is Cc1csc([C@H]2CCCN2C(=O)c2cc(C(N)=O)cc(N3CCCS3(=O)=O)c2)n1. The maximum Gasteiger partial charge on any atom is 0.254 e. The highest BCUT2D eigenvalue weighted by molar-refractivity contribution is 7.93. The first-order valence-corrected chi connectivity index (χ1v) is 11.9. The number of benzene rings is 1. The number of sulfonamides is 1. The normalized spacial score (nSPS) is 20.9. The number of nitrogens with zero attached hydrogens (tertiary/aromatic N) is 3. The third-order valence-electron chi connectivity index (χ3n) is 5.27. The zero-order valence-corrected chi connectivity index (χ0v) is 17.6. The van der Waals surface area contributed by atoms with Crippen LogP contribution in [0.15, 0.2) is 23.6 Å². The van der Waals surface area contributed by atoms with Crippen LogP contribution in [-0.4, -0.2) is 49.0 Å². The average Bonchev–Trinajstić information content (AvgIpc) is 3.39. The van der Waals surface area contributed by atoms with Crippen LogP contribution in [0.3, 0.4) is 0 Å². The molecule has 2 saturated heterocycles. The van der Waals surface area contributed by atoms with Gasteiger partial charge in [0.2, 0.25) is 15.9 Å². The number of primary amides is 1. The van der Waals surface area contributed by atoms with Crippen molar-refractivity contribution in [1.82, 2.24) is 9.88 Å². The van der Waals surface area contributed by atoms with Gasteiger partial charge in [0, 0.05) is 35.3 Å². The van der Waals surface area contributed by atoms with E-state index in [4.69, 9.17) is 5.73 Å². The standard InChI is InChI=1S/C19H22N4O4S2/c1-12-11-28-18(21-12)16-4-2-5-22(16)19(25)14-8-13(17(20)24)9-15(10-14)23-6-3-7-29(23,26)27/h8-11,16H,2-7H2,1H3,(H2,20,24)/t16-/m1/s1. The summed E-state index contributed by atoms with van der Waals surface area (Å²) in [5.74, 6) is -0.901. The van der Waals surface area contributed by atoms with Gasteiger partial charge in [0.05, 0.1) is 17.5 Å². The van der Waals surface area contributed by atoms with Crippen LogP contribution < -0.4 is 10.0 Å². The molecule has 154 valence electrons. The lowest BCUT2D eigenvalue weighted by molar-refractivity contribution is 0.0735. The molecule has 2 aromatic rings. The van der Waals surface area contributed by atoms with E-state index in [0.29, 0.717) is 25.2 Å². The first-order chi connectivity index (χ1) is 13.8. The maximum atomic E-state index is 13.3. The van der Waals surface area contributed by atoms with Crippen LogP contribution in [0.1, 0.15) is 56.7 Å². The third-order valence-corrected chi connectivity index (χ3v) is 8.21. The molecule has 2 fully saturated rings. The Morgan fingerprint density at radius 2 is 1.93 bits per heavy atom. The first-order valence-electron chi connectivity index (χ1n) is 9.44. The molecule has 8 nitrogen and oxygen atoms in total. The van der Waals surface area contributed by atoms with E-state index in [1.54, 1.807) is 11.0 Å². The van der Waals surface area contributed by atoms with Gasteiger partial charge >= 0.3 is 0 Å². The van der Waals surface area contributed by atoms with Crippen molar-refractivity contribution < 1.29 is 18.0 Å². The Balaban J connectivity index is 1.71. The zero-order valence-electron chi connectivity index (χ0n) is 16.0. The van der Waals surface area contributed by atoms with Gasteiger partial charge in [-0.15, -0.1) is 11.3 Å². The number of amides is 2. The van der Waals surface area contributed by atoms with Crippen LogP contribution >= 0.6 is 11.3 Å². The quantitative estimate of drug-likeness (QED) is 0.791. The number of anilines is 1. The summed E-state index contributed by atoms with van der Waals surface area (Å²) in [4.78, 5) is 31.4. The summed E-state index contributed by atoms with van der Waals surface area (Å²) in [7, 11) is -3.45. The molecule has 1 aromatic carbocycles. The van der Waals surface area contributed by atoms with Crippen LogP contribution in [0.4, 0.5) is 5.69 Å². The van der Waals surface area contributed by atoms with Gasteiger partial charge in [-0.1, -0.05) is 0 Å². The van der Waals surface area contributed by atoms with E-state index in [9.17, 15) is 18.0 Å². The fourth-order valence-electron chi connectivity index (χ4n) is 3.91. The fourth-order valence-corrected chi connectivity index (χ4v) is 6.40. The number of carbonyl (C=O) groups is 2. The molecule has 0 radical (unpaired) electrons. The van der Waals surface area contributed by atoms with Gasteiger partial charge in [-0.3, -0.25) is 13.9 Å². The molecule has 2 amide bonds. The average molecular weight is 435 g/mol. The predicted molar refractivity (Wildman–Crippen MR) is 111 cm³/mol. The monoisotopic (exact) mass is 434 g/mol. The first kappa shape index (κ1) is 19.8. The lowest BCUT2D eigenvalue weighted by atomic mass is 10.1. The molecule has 0 unspecified atom stereocenters. The summed E-state index contributed by atoms with van der Waals surface area (Å²) >= 11 is 1.53. The summed E-state index contributed by atoms with van der Waals surface area (Å²) < 4.78 is 25.9. The lowest BCUT2D eigenvalue weighted by Crippen LogP contribution is -2.31. The van der Waals surface area contributed by atoms with Crippen molar-refractivity contribution in [2.75, 3.05) is 23.1 Å². The molecule has 10 heteroatoms. The molecule has 0 saturated carbocycles. The molecular weight excluding hydrogens is 412 g/mol. The van der Waals surface area contributed by atoms with Gasteiger partial charge in [0.1, 0.15) is 5.01 Å². The summed E-state index contributed by atoms with van der Waals surface area (Å²) in [5, 5.41) is 2.85. The number of likely N-dealkylation sites (tertiary alicyclic amines) is 1. The van der Waals surface area contributed by atoms with Crippen LogP contribution in [-0.2, 0) is 10.0 Å². The van der Waals surface area contributed by atoms with Gasteiger partial charge in [-0.2, -0.15) is 0 Å². The highest BCUT2D eigenvalue weighted by Gasteiger charge is 2.34. The zero-order chi connectivity index (χ0) is 20.8. The molecule has 0 spiro atoms. The predicted octanol–water partition coefficient (Wildman–Crippen LogP) is 2.07. The van der Waals surface area contributed by atoms with Crippen molar-refractivity contribution in [3.63, 3.8) is 0 Å². The highest BCUT2D eigenvalue weighted by atomic mass is 32.2. The largest absolute Gasteiger partial charge is 0.366 e. The molecule has 2 aliphatic rings. The van der Waals surface area contributed by atoms with E-state index in [2.05, 4.69) is 4.98 Å². The molecule has 4 rings (SSSR count). The Bertz CT molecular complexity index is 1080. The van der Waals surface area contributed by atoms with Crippen molar-refractivity contribution in [3.05, 3.63) is 45.4 Å². The number of carbonyl (C=O) groups excluding carboxylic acids is 2. The van der Waals surface area contributed by atoms with Gasteiger partial charge in [-0.05, 0) is 44.4 Å². The number of rotatable bonds is 4. The Hall–Kier alpha value is -2.46. The number of thiazole rings is 1. The van der Waals surface area contributed by atoms with Gasteiger partial charge in [0.15, 0.2) is 0 Å². The number of aryl methyl sites for hydroxylation is 1. The van der Waals surface area contributed by atoms with Crippen molar-refractivity contribution in [2.45, 2.75) is 32.2 Å². The fraction of sp³-hybridized carbons (Fsp3) is 0.421. The number of nitrogens with two attached hydrogens (primary N) is 1. The van der Waals surface area contributed by atoms with Crippen LogP contribution in [0, 0.1) is 6.92 Å². The minimum absolute atomic E-state index is 0.0503. The summed E-state index contributed by atoms with van der Waals surface area (Å²) in [6.07, 6.45) is 2.18. The van der Waals surface area contributed by atoms with Crippen LogP contribution in [0.2, 0.25) is 0 Å². The second-order valence-corrected chi connectivity index (χ2v) is 10.3. The second kappa shape index (κ2) is 7.42. The summed E-state index contributed by atoms with van der Waals surface area (Å²) in [5.41, 5.74) is 7.06. The summed E-state index contributed by atoms with van der Waals surface area (Å²) in [6, 6.07) is 4.31. The molecule has 0 bridgehead atoms. The molecule has 0 aliphatic carbocycles. The Morgan fingerprint density at radius 3 is 2.55 bits per heavy atom. The smallest absolute Gasteiger partial charge is 0.254 e. The van der Waals surface area contributed by atoms with Crippen LogP contribution in [0.5, 0.6) is 0 Å². The molecule has 1 atom stereocenters. The molecule has 2 aliphatic heterocycles.